The Balaban J connectivity index is 2.19. The molecule has 0 spiro atoms. The number of esters is 1. The van der Waals surface area contributed by atoms with E-state index in [1.807, 2.05) is 24.3 Å². The van der Waals surface area contributed by atoms with Crippen LogP contribution < -0.4 is 0 Å². The van der Waals surface area contributed by atoms with E-state index in [9.17, 15) is 4.79 Å². The first kappa shape index (κ1) is 20.4. The molecule has 0 heterocycles. The summed E-state index contributed by atoms with van der Waals surface area (Å²) < 4.78 is 11.8. The van der Waals surface area contributed by atoms with Crippen molar-refractivity contribution in [1.82, 2.24) is 0 Å². The summed E-state index contributed by atoms with van der Waals surface area (Å²) >= 11 is 0. The van der Waals surface area contributed by atoms with Gasteiger partial charge in [0.15, 0.2) is 9.04 Å². The van der Waals surface area contributed by atoms with Gasteiger partial charge in [-0.2, -0.15) is 0 Å². The number of carbonyl (C=O) groups is 1. The molecule has 1 radical (unpaired) electrons. The molecule has 1 atom stereocenters. The summed E-state index contributed by atoms with van der Waals surface area (Å²) in [6.45, 7) is 15.2. The molecule has 2 aromatic rings. The van der Waals surface area contributed by atoms with E-state index in [1.165, 1.54) is 0 Å². The van der Waals surface area contributed by atoms with Crippen molar-refractivity contribution < 1.29 is 14.0 Å². The number of carbonyl (C=O) groups excluding carboxylic acids is 1. The van der Waals surface area contributed by atoms with Crippen molar-refractivity contribution in [3.05, 3.63) is 77.7 Å². The van der Waals surface area contributed by atoms with Gasteiger partial charge in [0.25, 0.3) is 0 Å². The average Bonchev–Trinajstić information content (AvgIpc) is 2.58. The van der Waals surface area contributed by atoms with Crippen molar-refractivity contribution in [2.75, 3.05) is 0 Å². The van der Waals surface area contributed by atoms with Crippen LogP contribution in [0.15, 0.2) is 48.5 Å². The molecule has 0 saturated carbocycles. The van der Waals surface area contributed by atoms with Crippen molar-refractivity contribution in [2.24, 2.45) is 5.41 Å². The van der Waals surface area contributed by atoms with Gasteiger partial charge >= 0.3 is 5.97 Å². The quantitative estimate of drug-likeness (QED) is 0.511. The molecule has 4 heteroatoms. The SMILES string of the molecule is [CH2]c1ccc(C(O[SiH](C)C)C(C)(C)C)cc1COC(=O)c1ccccc1. The van der Waals surface area contributed by atoms with Crippen LogP contribution in [-0.2, 0) is 15.8 Å². The number of rotatable bonds is 6. The Labute approximate surface area is 159 Å². The zero-order chi connectivity index (χ0) is 19.3. The molecule has 139 valence electrons. The third-order valence-electron chi connectivity index (χ3n) is 4.10. The topological polar surface area (TPSA) is 35.5 Å². The van der Waals surface area contributed by atoms with Crippen molar-refractivity contribution in [3.8, 4) is 0 Å². The highest BCUT2D eigenvalue weighted by molar-refractivity contribution is 6.48. The lowest BCUT2D eigenvalue weighted by atomic mass is 9.84. The highest BCUT2D eigenvalue weighted by Crippen LogP contribution is 2.37. The van der Waals surface area contributed by atoms with E-state index < -0.39 is 9.04 Å². The molecule has 2 aromatic carbocycles. The predicted molar refractivity (Wildman–Crippen MR) is 109 cm³/mol. The van der Waals surface area contributed by atoms with Crippen LogP contribution in [0.5, 0.6) is 0 Å². The summed E-state index contributed by atoms with van der Waals surface area (Å²) in [5, 5.41) is 0. The first-order valence-electron chi connectivity index (χ1n) is 9.01. The summed E-state index contributed by atoms with van der Waals surface area (Å²) in [6, 6.07) is 15.1. The van der Waals surface area contributed by atoms with E-state index in [4.69, 9.17) is 9.16 Å². The fourth-order valence-corrected chi connectivity index (χ4v) is 3.91. The largest absolute Gasteiger partial charge is 0.457 e. The Bertz CT molecular complexity index is 733. The maximum absolute atomic E-state index is 12.2. The second-order valence-electron chi connectivity index (χ2n) is 7.90. The first-order chi connectivity index (χ1) is 12.2. The van der Waals surface area contributed by atoms with Gasteiger partial charge in [0, 0.05) is 0 Å². The second-order valence-corrected chi connectivity index (χ2v) is 10.3. The normalized spacial score (nSPS) is 12.9. The Morgan fingerprint density at radius 2 is 1.77 bits per heavy atom. The lowest BCUT2D eigenvalue weighted by molar-refractivity contribution is 0.0471. The predicted octanol–water partition coefficient (Wildman–Crippen LogP) is 5.31. The zero-order valence-electron chi connectivity index (χ0n) is 16.4. The van der Waals surface area contributed by atoms with E-state index in [1.54, 1.807) is 12.1 Å². The number of hydrogen-bond acceptors (Lipinski definition) is 3. The van der Waals surface area contributed by atoms with E-state index in [0.29, 0.717) is 5.56 Å². The summed E-state index contributed by atoms with van der Waals surface area (Å²) in [4.78, 5) is 12.2. The van der Waals surface area contributed by atoms with Crippen molar-refractivity contribution >= 4 is 15.0 Å². The Kier molecular flexibility index (Phi) is 6.79. The van der Waals surface area contributed by atoms with Crippen LogP contribution in [-0.4, -0.2) is 15.0 Å². The number of benzene rings is 2. The summed E-state index contributed by atoms with van der Waals surface area (Å²) in [5.74, 6) is -0.325. The molecule has 0 saturated heterocycles. The molecule has 0 bridgehead atoms. The molecule has 0 amide bonds. The van der Waals surface area contributed by atoms with Gasteiger partial charge in [0.1, 0.15) is 6.61 Å². The summed E-state index contributed by atoms with van der Waals surface area (Å²) in [5.41, 5.74) is 3.42. The zero-order valence-corrected chi connectivity index (χ0v) is 17.6. The van der Waals surface area contributed by atoms with Crippen molar-refractivity contribution in [2.45, 2.75) is 46.6 Å². The first-order valence-corrected chi connectivity index (χ1v) is 11.8. The summed E-state index contributed by atoms with van der Waals surface area (Å²) in [6.07, 6.45) is 0.0124. The van der Waals surface area contributed by atoms with E-state index >= 15 is 0 Å². The molecule has 3 nitrogen and oxygen atoms in total. The van der Waals surface area contributed by atoms with E-state index in [2.05, 4.69) is 52.9 Å². The maximum atomic E-state index is 12.2. The molecule has 1 unspecified atom stereocenters. The van der Waals surface area contributed by atoms with Crippen molar-refractivity contribution in [1.29, 1.82) is 0 Å². The molecule has 0 N–H and O–H groups in total. The lowest BCUT2D eigenvalue weighted by Crippen LogP contribution is -2.26. The standard InChI is InChI=1S/C22H29O3Si/c1-16-12-13-18(20(22(2,3)4)25-26(5)6)14-19(16)15-24-21(23)17-10-8-7-9-11-17/h7-14,20,26H,1,15H2,2-6H3. The molecule has 0 fully saturated rings. The van der Waals surface area contributed by atoms with Gasteiger partial charge in [-0.3, -0.25) is 0 Å². The maximum Gasteiger partial charge on any atom is 0.338 e. The second kappa shape index (κ2) is 8.65. The number of ether oxygens (including phenoxy) is 1. The third-order valence-corrected chi connectivity index (χ3v) is 4.91. The van der Waals surface area contributed by atoms with Crippen LogP contribution >= 0.6 is 0 Å². The fourth-order valence-electron chi connectivity index (χ4n) is 2.80. The Morgan fingerprint density at radius 3 is 2.35 bits per heavy atom. The third kappa shape index (κ3) is 5.54. The fraction of sp³-hybridized carbons (Fsp3) is 0.364. The molecule has 0 aliphatic carbocycles. The van der Waals surface area contributed by atoms with Gasteiger partial charge < -0.3 is 9.16 Å². The minimum absolute atomic E-state index is 0.0124. The molecule has 0 aliphatic rings. The van der Waals surface area contributed by atoms with Crippen LogP contribution in [0.2, 0.25) is 13.1 Å². The highest BCUT2D eigenvalue weighted by atomic mass is 28.3. The van der Waals surface area contributed by atoms with Gasteiger partial charge in [0.2, 0.25) is 0 Å². The lowest BCUT2D eigenvalue weighted by Gasteiger charge is -2.33. The molecular weight excluding hydrogens is 340 g/mol. The van der Waals surface area contributed by atoms with Gasteiger partial charge in [-0.25, -0.2) is 4.79 Å². The van der Waals surface area contributed by atoms with Gasteiger partial charge in [0.05, 0.1) is 11.7 Å². The Morgan fingerprint density at radius 1 is 1.12 bits per heavy atom. The monoisotopic (exact) mass is 369 g/mol. The molecule has 0 aromatic heterocycles. The van der Waals surface area contributed by atoms with E-state index in [0.717, 1.165) is 16.7 Å². The molecule has 26 heavy (non-hydrogen) atoms. The van der Waals surface area contributed by atoms with Gasteiger partial charge in [-0.1, -0.05) is 51.1 Å². The highest BCUT2D eigenvalue weighted by Gasteiger charge is 2.28. The summed E-state index contributed by atoms with van der Waals surface area (Å²) in [7, 11) is -1.20. The van der Waals surface area contributed by atoms with Crippen molar-refractivity contribution in [3.63, 3.8) is 0 Å². The minimum Gasteiger partial charge on any atom is -0.457 e. The van der Waals surface area contributed by atoms with Crippen LogP contribution in [0.1, 0.15) is 53.9 Å². The van der Waals surface area contributed by atoms with Gasteiger partial charge in [-0.05, 0) is 60.3 Å². The van der Waals surface area contributed by atoms with Crippen LogP contribution in [0.3, 0.4) is 0 Å². The molecule has 2 rings (SSSR count). The van der Waals surface area contributed by atoms with E-state index in [-0.39, 0.29) is 24.1 Å². The smallest absolute Gasteiger partial charge is 0.338 e. The Hall–Kier alpha value is -1.91. The van der Waals surface area contributed by atoms with Gasteiger partial charge in [-0.15, -0.1) is 0 Å². The molecular formula is C22H29O3Si. The number of hydrogen-bond donors (Lipinski definition) is 0. The average molecular weight is 370 g/mol. The van der Waals surface area contributed by atoms with Crippen LogP contribution in [0, 0.1) is 12.3 Å². The molecule has 0 aliphatic heterocycles. The van der Waals surface area contributed by atoms with Crippen LogP contribution in [0.25, 0.3) is 0 Å². The van der Waals surface area contributed by atoms with Crippen LogP contribution in [0.4, 0.5) is 0 Å². The minimum atomic E-state index is -1.20.